The van der Waals surface area contributed by atoms with Gasteiger partial charge >= 0.3 is 0 Å². The number of phenols is 1. The summed E-state index contributed by atoms with van der Waals surface area (Å²) in [6, 6.07) is 7.71. The van der Waals surface area contributed by atoms with Crippen LogP contribution in [0.1, 0.15) is 70.5 Å². The Balaban J connectivity index is 0.00000158. The Labute approximate surface area is 202 Å². The number of nitrogens with zero attached hydrogens (tertiary/aromatic N) is 5. The molecule has 2 N–H and O–H groups in total. The van der Waals surface area contributed by atoms with Crippen molar-refractivity contribution in [3.05, 3.63) is 53.7 Å². The minimum atomic E-state index is 0.0356. The van der Waals surface area contributed by atoms with Gasteiger partial charge < -0.3 is 10.4 Å². The quantitative estimate of drug-likeness (QED) is 0.533. The lowest BCUT2D eigenvalue weighted by atomic mass is 9.79. The van der Waals surface area contributed by atoms with Crippen LogP contribution in [0.4, 0.5) is 0 Å². The van der Waals surface area contributed by atoms with E-state index >= 15 is 0 Å². The molecule has 1 aliphatic heterocycles. The fraction of sp³-hybridized carbons (Fsp3) is 0.407. The second-order valence-electron chi connectivity index (χ2n) is 10.1. The first-order valence-electron chi connectivity index (χ1n) is 11.4. The Morgan fingerprint density at radius 1 is 1.15 bits per heavy atom. The van der Waals surface area contributed by atoms with E-state index in [0.717, 1.165) is 46.6 Å². The van der Waals surface area contributed by atoms with Gasteiger partial charge in [0.2, 0.25) is 0 Å². The lowest BCUT2D eigenvalue weighted by Gasteiger charge is -2.46. The van der Waals surface area contributed by atoms with Crippen molar-refractivity contribution in [2.24, 2.45) is 0 Å². The van der Waals surface area contributed by atoms with Crippen LogP contribution in [-0.2, 0) is 0 Å². The molecule has 7 nitrogen and oxygen atoms in total. The van der Waals surface area contributed by atoms with E-state index in [2.05, 4.69) is 77.7 Å². The number of terminal acetylenes is 1. The van der Waals surface area contributed by atoms with Gasteiger partial charge in [-0.1, -0.05) is 17.3 Å². The molecule has 0 atom stereocenters. The van der Waals surface area contributed by atoms with Crippen LogP contribution < -0.4 is 5.32 Å². The first-order chi connectivity index (χ1) is 16.0. The van der Waals surface area contributed by atoms with Crippen molar-refractivity contribution < 1.29 is 5.11 Å². The number of hydrogen-bond donors (Lipinski definition) is 2. The number of aromatic hydroxyl groups is 1. The molecule has 34 heavy (non-hydrogen) atoms. The smallest absolute Gasteiger partial charge is 0.123 e. The minimum absolute atomic E-state index is 0.0356. The Hall–Kier alpha value is -3.50. The first kappa shape index (κ1) is 25.1. The van der Waals surface area contributed by atoms with Crippen LogP contribution in [0.15, 0.2) is 36.8 Å². The molecule has 0 radical (unpaired) electrons. The van der Waals surface area contributed by atoms with E-state index in [1.807, 2.05) is 31.2 Å². The van der Waals surface area contributed by atoms with Crippen molar-refractivity contribution in [2.75, 3.05) is 0 Å². The molecule has 0 spiro atoms. The number of rotatable bonds is 4. The van der Waals surface area contributed by atoms with Gasteiger partial charge in [-0.25, -0.2) is 14.6 Å². The maximum Gasteiger partial charge on any atom is 0.123 e. The Morgan fingerprint density at radius 3 is 2.41 bits per heavy atom. The molecule has 1 aliphatic rings. The molecule has 1 aromatic carbocycles. The molecule has 0 aliphatic carbocycles. The molecule has 3 heterocycles. The number of allylic oxidation sites excluding steroid dienone is 1. The topological polar surface area (TPSA) is 88.8 Å². The second kappa shape index (κ2) is 9.78. The van der Waals surface area contributed by atoms with E-state index in [0.29, 0.717) is 0 Å². The third kappa shape index (κ3) is 5.52. The molecule has 1 saturated heterocycles. The van der Waals surface area contributed by atoms with E-state index in [-0.39, 0.29) is 22.9 Å². The van der Waals surface area contributed by atoms with Gasteiger partial charge in [0.05, 0.1) is 17.4 Å². The van der Waals surface area contributed by atoms with E-state index in [9.17, 15) is 5.11 Å². The molecule has 0 amide bonds. The summed E-state index contributed by atoms with van der Waals surface area (Å²) in [6.45, 7) is 13.0. The predicted molar refractivity (Wildman–Crippen MR) is 137 cm³/mol. The molecule has 4 rings (SSSR count). The van der Waals surface area contributed by atoms with Crippen LogP contribution in [0.5, 0.6) is 5.75 Å². The number of piperidine rings is 1. The third-order valence-electron chi connectivity index (χ3n) is 6.13. The van der Waals surface area contributed by atoms with Crippen LogP contribution in [0.2, 0.25) is 0 Å². The summed E-state index contributed by atoms with van der Waals surface area (Å²) < 4.78 is 2.07. The highest BCUT2D eigenvalue weighted by Crippen LogP contribution is 2.37. The molecule has 0 unspecified atom stereocenters. The highest BCUT2D eigenvalue weighted by molar-refractivity contribution is 5.83. The zero-order valence-corrected chi connectivity index (χ0v) is 20.9. The molecule has 0 bridgehead atoms. The van der Waals surface area contributed by atoms with Gasteiger partial charge in [-0.2, -0.15) is 0 Å². The van der Waals surface area contributed by atoms with E-state index < -0.39 is 0 Å². The molecule has 3 aromatic rings. The number of aromatic nitrogens is 5. The molecule has 7 heteroatoms. The van der Waals surface area contributed by atoms with Crippen LogP contribution in [0.25, 0.3) is 22.9 Å². The predicted octanol–water partition coefficient (Wildman–Crippen LogP) is 5.04. The van der Waals surface area contributed by atoms with Crippen LogP contribution >= 0.6 is 0 Å². The van der Waals surface area contributed by atoms with Gasteiger partial charge in [0, 0.05) is 28.4 Å². The van der Waals surface area contributed by atoms with E-state index in [4.69, 9.17) is 0 Å². The fourth-order valence-corrected chi connectivity index (χ4v) is 5.04. The average Bonchev–Trinajstić information content (AvgIpc) is 3.13. The molecule has 2 aromatic heterocycles. The normalized spacial score (nSPS) is 17.6. The van der Waals surface area contributed by atoms with Gasteiger partial charge in [0.25, 0.3) is 0 Å². The van der Waals surface area contributed by atoms with Crippen molar-refractivity contribution in [3.63, 3.8) is 0 Å². The molecule has 178 valence electrons. The second-order valence-corrected chi connectivity index (χ2v) is 10.1. The molecular formula is C27H34N6O. The van der Waals surface area contributed by atoms with Gasteiger partial charge in [-0.3, -0.25) is 0 Å². The summed E-state index contributed by atoms with van der Waals surface area (Å²) in [5.74, 6) is 0.210. The number of phenolic OH excluding ortho intramolecular Hbond substituents is 1. The summed E-state index contributed by atoms with van der Waals surface area (Å²) in [5.41, 5.74) is 5.26. The SMILES string of the molecule is C#C.C/C(=C\c1nnn(C2CC(C)(C)NC(C)(C)C2)c1C)c1ccc(-c2ccncn2)cc1O. The largest absolute Gasteiger partial charge is 0.507 e. The lowest BCUT2D eigenvalue weighted by molar-refractivity contribution is 0.124. The molecular weight excluding hydrogens is 424 g/mol. The first-order valence-corrected chi connectivity index (χ1v) is 11.4. The van der Waals surface area contributed by atoms with Crippen molar-refractivity contribution in [2.45, 2.75) is 71.5 Å². The van der Waals surface area contributed by atoms with Crippen LogP contribution in [0.3, 0.4) is 0 Å². The van der Waals surface area contributed by atoms with Crippen LogP contribution in [0, 0.1) is 19.8 Å². The Bertz CT molecular complexity index is 1170. The van der Waals surface area contributed by atoms with E-state index in [1.165, 1.54) is 6.33 Å². The maximum absolute atomic E-state index is 10.7. The van der Waals surface area contributed by atoms with Crippen molar-refractivity contribution in [1.29, 1.82) is 0 Å². The third-order valence-corrected chi connectivity index (χ3v) is 6.13. The standard InChI is InChI=1S/C25H32N6O.C2H2/c1-16(20-8-7-18(12-23(20)32)21-9-10-26-15-27-21)11-22-17(2)31(30-28-22)19-13-24(3,4)29-25(5,6)14-19;1-2/h7-12,15,19,29,32H,13-14H2,1-6H3;1-2H/b16-11+;. The van der Waals surface area contributed by atoms with Gasteiger partial charge in [-0.05, 0) is 78.2 Å². The Kier molecular flexibility index (Phi) is 7.23. The fourth-order valence-electron chi connectivity index (χ4n) is 5.04. The number of hydrogen-bond acceptors (Lipinski definition) is 6. The molecule has 0 saturated carbocycles. The van der Waals surface area contributed by atoms with Gasteiger partial charge in [0.1, 0.15) is 17.8 Å². The van der Waals surface area contributed by atoms with E-state index in [1.54, 1.807) is 12.3 Å². The van der Waals surface area contributed by atoms with Crippen molar-refractivity contribution in [3.8, 4) is 29.9 Å². The average molecular weight is 459 g/mol. The highest BCUT2D eigenvalue weighted by Gasteiger charge is 2.39. The molecule has 1 fully saturated rings. The number of nitrogens with one attached hydrogen (secondary N) is 1. The summed E-state index contributed by atoms with van der Waals surface area (Å²) in [6.07, 6.45) is 15.2. The van der Waals surface area contributed by atoms with Crippen molar-refractivity contribution >= 4 is 11.6 Å². The summed E-state index contributed by atoms with van der Waals surface area (Å²) in [7, 11) is 0. The maximum atomic E-state index is 10.7. The van der Waals surface area contributed by atoms with Gasteiger partial charge in [-0.15, -0.1) is 17.9 Å². The van der Waals surface area contributed by atoms with Crippen molar-refractivity contribution in [1.82, 2.24) is 30.3 Å². The monoisotopic (exact) mass is 458 g/mol. The summed E-state index contributed by atoms with van der Waals surface area (Å²) in [4.78, 5) is 8.19. The highest BCUT2D eigenvalue weighted by atomic mass is 16.3. The lowest BCUT2D eigenvalue weighted by Crippen LogP contribution is -2.58. The summed E-state index contributed by atoms with van der Waals surface area (Å²) in [5, 5.41) is 23.4. The van der Waals surface area contributed by atoms with Crippen LogP contribution in [-0.4, -0.2) is 41.1 Å². The minimum Gasteiger partial charge on any atom is -0.507 e. The van der Waals surface area contributed by atoms with Gasteiger partial charge in [0.15, 0.2) is 0 Å². The zero-order chi connectivity index (χ0) is 25.1. The zero-order valence-electron chi connectivity index (χ0n) is 20.9. The Morgan fingerprint density at radius 2 is 1.82 bits per heavy atom. The number of benzene rings is 1. The summed E-state index contributed by atoms with van der Waals surface area (Å²) >= 11 is 0.